The van der Waals surface area contributed by atoms with Crippen LogP contribution in [0.3, 0.4) is 0 Å². The molecule has 98 valence electrons. The Balaban J connectivity index is 0.000000256. The van der Waals surface area contributed by atoms with Crippen LogP contribution in [0, 0.1) is 0 Å². The van der Waals surface area contributed by atoms with Crippen molar-refractivity contribution in [3.8, 4) is 0 Å². The molecule has 0 N–H and O–H groups in total. The van der Waals surface area contributed by atoms with E-state index in [1.807, 2.05) is 30.3 Å². The van der Waals surface area contributed by atoms with Crippen LogP contribution in [0.1, 0.15) is 0 Å². The predicted molar refractivity (Wildman–Crippen MR) is 82.6 cm³/mol. The van der Waals surface area contributed by atoms with E-state index in [-0.39, 0.29) is 25.0 Å². The molecule has 0 radical (unpaired) electrons. The van der Waals surface area contributed by atoms with Gasteiger partial charge in [-0.2, -0.15) is 30.3 Å². The van der Waals surface area contributed by atoms with Crippen LogP contribution in [0.25, 0.3) is 0 Å². The summed E-state index contributed by atoms with van der Waals surface area (Å²) >= 11 is 0. The van der Waals surface area contributed by atoms with Gasteiger partial charge in [0, 0.05) is 0 Å². The molecule has 0 amide bonds. The van der Waals surface area contributed by atoms with Crippen molar-refractivity contribution in [3.05, 3.63) is 84.9 Å². The second-order valence-corrected chi connectivity index (χ2v) is 6.15. The average Bonchev–Trinajstić information content (AvgIpc) is 3.14. The second kappa shape index (κ2) is 8.88. The minimum absolute atomic E-state index is 0. The maximum atomic E-state index is 2.31. The van der Waals surface area contributed by atoms with E-state index in [0.29, 0.717) is 0 Å². The zero-order valence-electron chi connectivity index (χ0n) is 10.9. The van der Waals surface area contributed by atoms with E-state index in [4.69, 9.17) is 0 Å². The molecule has 0 nitrogen and oxygen atoms in total. The predicted octanol–water partition coefficient (Wildman–Crippen LogP) is 3.87. The maximum Gasteiger partial charge on any atom is 2.00 e. The van der Waals surface area contributed by atoms with Crippen LogP contribution >= 0.6 is 7.92 Å². The topological polar surface area (TPSA) is 0 Å². The van der Waals surface area contributed by atoms with E-state index in [2.05, 4.69) is 61.3 Å². The first kappa shape index (κ1) is 15.9. The molecule has 0 saturated heterocycles. The first-order chi connectivity index (χ1) is 8.88. The van der Waals surface area contributed by atoms with Gasteiger partial charge in [-0.3, -0.25) is 0 Å². The number of hydrogen-bond acceptors (Lipinski definition) is 0. The first-order valence-corrected chi connectivity index (χ1v) is 7.84. The first-order valence-electron chi connectivity index (χ1n) is 6.05. The van der Waals surface area contributed by atoms with Gasteiger partial charge in [-0.05, 0) is 12.0 Å². The summed E-state index contributed by atoms with van der Waals surface area (Å²) in [7, 11) is -0.134. The van der Waals surface area contributed by atoms with Gasteiger partial charge in [0.2, 0.25) is 0 Å². The molecule has 0 aliphatic heterocycles. The second-order valence-electron chi connectivity index (χ2n) is 4.00. The number of benzene rings is 1. The summed E-state index contributed by atoms with van der Waals surface area (Å²) in [5.74, 6) is 0. The average molecular weight is 308 g/mol. The monoisotopic (exact) mass is 308 g/mol. The molecular formula is C17H17FeP. The van der Waals surface area contributed by atoms with Crippen molar-refractivity contribution in [3.63, 3.8) is 0 Å². The number of hydrogen-bond donors (Lipinski definition) is 0. The third-order valence-corrected chi connectivity index (χ3v) is 4.88. The van der Waals surface area contributed by atoms with Crippen LogP contribution in [0.15, 0.2) is 84.9 Å². The Kier molecular flexibility index (Phi) is 7.45. The molecule has 1 unspecified atom stereocenters. The van der Waals surface area contributed by atoms with E-state index < -0.39 is 0 Å². The molecule has 0 aliphatic carbocycles. The summed E-state index contributed by atoms with van der Waals surface area (Å²) in [6.07, 6.45) is 0. The van der Waals surface area contributed by atoms with Gasteiger partial charge in [-0.1, -0.05) is 38.3 Å². The summed E-state index contributed by atoms with van der Waals surface area (Å²) in [5.41, 5.74) is 0. The Bertz CT molecular complexity index is 494. The Morgan fingerprint density at radius 3 is 1.95 bits per heavy atom. The number of rotatable bonds is 2. The fourth-order valence-corrected chi connectivity index (χ4v) is 3.25. The van der Waals surface area contributed by atoms with Crippen molar-refractivity contribution in [2.45, 2.75) is 0 Å². The molecule has 0 aromatic heterocycles. The molecule has 19 heavy (non-hydrogen) atoms. The molecule has 3 aromatic carbocycles. The third kappa shape index (κ3) is 5.17. The van der Waals surface area contributed by atoms with Gasteiger partial charge >= 0.3 is 17.1 Å². The van der Waals surface area contributed by atoms with Gasteiger partial charge in [0.15, 0.2) is 0 Å². The molecule has 0 heterocycles. The Hall–Kier alpha value is -1.13. The molecule has 3 rings (SSSR count). The minimum atomic E-state index is -0.134. The third-order valence-electron chi connectivity index (χ3n) is 2.73. The molecule has 3 aromatic rings. The van der Waals surface area contributed by atoms with Crippen molar-refractivity contribution in [1.82, 2.24) is 0 Å². The standard InChI is InChI=1S/C12H12P.C5H5.Fe/c1-13(12-9-5-6-10-12)11-7-3-2-4-8-11;1-2-4-5-3-1;/h2-10H,1H3;1-5H;/q2*-1;+2. The normalized spacial score (nSPS) is 10.8. The Morgan fingerprint density at radius 2 is 1.47 bits per heavy atom. The molecule has 0 bridgehead atoms. The van der Waals surface area contributed by atoms with Gasteiger partial charge in [0.05, 0.1) is 0 Å². The quantitative estimate of drug-likeness (QED) is 0.383. The SMILES string of the molecule is CP(c1ccccc1)c1ccc[cH-]1.[Fe+2].c1cc[cH-]c1. The van der Waals surface area contributed by atoms with Crippen LogP contribution in [0.4, 0.5) is 0 Å². The summed E-state index contributed by atoms with van der Waals surface area (Å²) in [5, 5.41) is 2.91. The van der Waals surface area contributed by atoms with E-state index in [1.54, 1.807) is 0 Å². The molecule has 1 atom stereocenters. The zero-order valence-corrected chi connectivity index (χ0v) is 12.9. The van der Waals surface area contributed by atoms with Crippen LogP contribution in [0.5, 0.6) is 0 Å². The zero-order chi connectivity index (χ0) is 12.6. The molecule has 2 heteroatoms. The summed E-state index contributed by atoms with van der Waals surface area (Å²) in [6.45, 7) is 2.31. The van der Waals surface area contributed by atoms with E-state index in [9.17, 15) is 0 Å². The molecule has 0 spiro atoms. The van der Waals surface area contributed by atoms with E-state index in [1.165, 1.54) is 10.6 Å². The van der Waals surface area contributed by atoms with Gasteiger partial charge in [-0.15, -0.1) is 5.30 Å². The fraction of sp³-hybridized carbons (Fsp3) is 0.0588. The summed E-state index contributed by atoms with van der Waals surface area (Å²) in [4.78, 5) is 0. The molecule has 0 fully saturated rings. The molecule has 0 aliphatic rings. The van der Waals surface area contributed by atoms with Crippen LogP contribution in [-0.2, 0) is 17.1 Å². The minimum Gasteiger partial charge on any atom is -0.214 e. The van der Waals surface area contributed by atoms with Crippen molar-refractivity contribution >= 4 is 18.5 Å². The Labute approximate surface area is 127 Å². The van der Waals surface area contributed by atoms with Gasteiger partial charge < -0.3 is 0 Å². The van der Waals surface area contributed by atoms with Gasteiger partial charge in [-0.25, -0.2) is 24.3 Å². The maximum absolute atomic E-state index is 2.31. The van der Waals surface area contributed by atoms with Crippen LogP contribution in [-0.4, -0.2) is 6.66 Å². The fourth-order valence-electron chi connectivity index (χ4n) is 1.71. The summed E-state index contributed by atoms with van der Waals surface area (Å²) < 4.78 is 0. The van der Waals surface area contributed by atoms with Crippen molar-refractivity contribution in [2.75, 3.05) is 6.66 Å². The van der Waals surface area contributed by atoms with Gasteiger partial charge in [0.25, 0.3) is 0 Å². The van der Waals surface area contributed by atoms with E-state index in [0.717, 1.165) is 0 Å². The van der Waals surface area contributed by atoms with Crippen molar-refractivity contribution in [1.29, 1.82) is 0 Å². The van der Waals surface area contributed by atoms with E-state index >= 15 is 0 Å². The smallest absolute Gasteiger partial charge is 0.214 e. The molecule has 0 saturated carbocycles. The summed E-state index contributed by atoms with van der Waals surface area (Å²) in [6, 6.07) is 29.3. The Morgan fingerprint density at radius 1 is 0.789 bits per heavy atom. The molecular weight excluding hydrogens is 291 g/mol. The van der Waals surface area contributed by atoms with Crippen LogP contribution in [0.2, 0.25) is 0 Å². The van der Waals surface area contributed by atoms with Gasteiger partial charge in [0.1, 0.15) is 0 Å². The van der Waals surface area contributed by atoms with Crippen molar-refractivity contribution in [2.24, 2.45) is 0 Å². The largest absolute Gasteiger partial charge is 2.00 e. The van der Waals surface area contributed by atoms with Crippen LogP contribution < -0.4 is 10.6 Å². The van der Waals surface area contributed by atoms with Crippen molar-refractivity contribution < 1.29 is 17.1 Å².